The summed E-state index contributed by atoms with van der Waals surface area (Å²) in [5, 5.41) is 0. The Morgan fingerprint density at radius 3 is 2.39 bits per heavy atom. The smallest absolute Gasteiger partial charge is 0.305 e. The van der Waals surface area contributed by atoms with Crippen LogP contribution in [0.25, 0.3) is 0 Å². The van der Waals surface area contributed by atoms with Crippen LogP contribution < -0.4 is 0 Å². The molecule has 0 amide bonds. The molecule has 2 atom stereocenters. The standard InChI is InChI=1S/C11H21NO5S/c1-9-7-12(8-10(2)17-9)18(14,15)6-4-5-11(13)16-3/h9-10H,4-8H2,1-3H3/t9-,10+. The van der Waals surface area contributed by atoms with Crippen LogP contribution in [0.4, 0.5) is 0 Å². The third-order valence-electron chi connectivity index (χ3n) is 2.79. The first kappa shape index (κ1) is 15.4. The minimum atomic E-state index is -3.31. The predicted molar refractivity (Wildman–Crippen MR) is 66.6 cm³/mol. The van der Waals surface area contributed by atoms with Gasteiger partial charge in [-0.3, -0.25) is 4.79 Å². The summed E-state index contributed by atoms with van der Waals surface area (Å²) in [4.78, 5) is 10.9. The lowest BCUT2D eigenvalue weighted by atomic mass is 10.3. The molecule has 0 N–H and O–H groups in total. The van der Waals surface area contributed by atoms with E-state index in [4.69, 9.17) is 4.74 Å². The Hall–Kier alpha value is -0.660. The van der Waals surface area contributed by atoms with Crippen molar-refractivity contribution >= 4 is 16.0 Å². The molecule has 0 bridgehead atoms. The van der Waals surface area contributed by atoms with Crippen molar-refractivity contribution in [3.63, 3.8) is 0 Å². The second-order valence-electron chi connectivity index (χ2n) is 4.57. The van der Waals surface area contributed by atoms with Gasteiger partial charge < -0.3 is 9.47 Å². The van der Waals surface area contributed by atoms with Gasteiger partial charge in [-0.1, -0.05) is 0 Å². The SMILES string of the molecule is COC(=O)CCCS(=O)(=O)N1C[C@@H](C)O[C@@H](C)C1. The van der Waals surface area contributed by atoms with E-state index in [-0.39, 0.29) is 36.8 Å². The van der Waals surface area contributed by atoms with E-state index in [9.17, 15) is 13.2 Å². The normalized spacial score (nSPS) is 25.9. The zero-order valence-electron chi connectivity index (χ0n) is 11.1. The second kappa shape index (κ2) is 6.49. The Balaban J connectivity index is 2.50. The Morgan fingerprint density at radius 1 is 1.33 bits per heavy atom. The highest BCUT2D eigenvalue weighted by Gasteiger charge is 2.30. The van der Waals surface area contributed by atoms with Crippen LogP contribution >= 0.6 is 0 Å². The molecule has 1 heterocycles. The molecule has 0 spiro atoms. The number of morpholine rings is 1. The third-order valence-corrected chi connectivity index (χ3v) is 4.68. The number of carbonyl (C=O) groups excluding carboxylic acids is 1. The molecule has 0 aromatic carbocycles. The Morgan fingerprint density at radius 2 is 1.89 bits per heavy atom. The lowest BCUT2D eigenvalue weighted by Gasteiger charge is -2.34. The Labute approximate surface area is 108 Å². The number of carbonyl (C=O) groups is 1. The van der Waals surface area contributed by atoms with Gasteiger partial charge in [-0.05, 0) is 20.3 Å². The van der Waals surface area contributed by atoms with Gasteiger partial charge >= 0.3 is 5.97 Å². The largest absolute Gasteiger partial charge is 0.469 e. The molecule has 7 heteroatoms. The zero-order valence-corrected chi connectivity index (χ0v) is 11.9. The summed E-state index contributed by atoms with van der Waals surface area (Å²) < 4.78 is 35.5. The monoisotopic (exact) mass is 279 g/mol. The highest BCUT2D eigenvalue weighted by Crippen LogP contribution is 2.15. The van der Waals surface area contributed by atoms with E-state index >= 15 is 0 Å². The molecule has 0 aliphatic carbocycles. The van der Waals surface area contributed by atoms with Crippen LogP contribution in [-0.2, 0) is 24.3 Å². The summed E-state index contributed by atoms with van der Waals surface area (Å²) in [6, 6.07) is 0. The van der Waals surface area contributed by atoms with Crippen LogP contribution in [0.1, 0.15) is 26.7 Å². The molecule has 1 aliphatic rings. The molecule has 1 aliphatic heterocycles. The molecule has 0 aromatic heterocycles. The predicted octanol–water partition coefficient (Wildman–Crippen LogP) is 0.379. The van der Waals surface area contributed by atoms with Crippen molar-refractivity contribution in [3.8, 4) is 0 Å². The maximum absolute atomic E-state index is 12.1. The molecule has 0 saturated carbocycles. The van der Waals surface area contributed by atoms with Gasteiger partial charge in [0.2, 0.25) is 10.0 Å². The van der Waals surface area contributed by atoms with Crippen LogP contribution in [-0.4, -0.2) is 56.9 Å². The van der Waals surface area contributed by atoms with Crippen molar-refractivity contribution in [1.29, 1.82) is 0 Å². The van der Waals surface area contributed by atoms with Crippen molar-refractivity contribution in [1.82, 2.24) is 4.31 Å². The fourth-order valence-corrected chi connectivity index (χ4v) is 3.63. The summed E-state index contributed by atoms with van der Waals surface area (Å²) in [6.45, 7) is 4.47. The van der Waals surface area contributed by atoms with Gasteiger partial charge in [0.05, 0.1) is 25.1 Å². The molecule has 1 rings (SSSR count). The van der Waals surface area contributed by atoms with Gasteiger partial charge in [0.1, 0.15) is 0 Å². The maximum Gasteiger partial charge on any atom is 0.305 e. The van der Waals surface area contributed by atoms with E-state index in [2.05, 4.69) is 4.74 Å². The number of rotatable bonds is 5. The topological polar surface area (TPSA) is 72.9 Å². The molecule has 1 saturated heterocycles. The number of esters is 1. The van der Waals surface area contributed by atoms with E-state index in [0.29, 0.717) is 13.1 Å². The average Bonchev–Trinajstić information content (AvgIpc) is 2.27. The van der Waals surface area contributed by atoms with Gasteiger partial charge in [0.15, 0.2) is 0 Å². The summed E-state index contributed by atoms with van der Waals surface area (Å²) in [7, 11) is -2.01. The van der Waals surface area contributed by atoms with E-state index in [1.807, 2.05) is 13.8 Å². The summed E-state index contributed by atoms with van der Waals surface area (Å²) in [6.07, 6.45) is 0.230. The van der Waals surface area contributed by atoms with Gasteiger partial charge in [0.25, 0.3) is 0 Å². The van der Waals surface area contributed by atoms with Gasteiger partial charge in [-0.25, -0.2) is 8.42 Å². The number of ether oxygens (including phenoxy) is 2. The van der Waals surface area contributed by atoms with E-state index in [0.717, 1.165) is 0 Å². The molecule has 0 radical (unpaired) electrons. The number of sulfonamides is 1. The molecule has 0 unspecified atom stereocenters. The fourth-order valence-electron chi connectivity index (χ4n) is 1.99. The quantitative estimate of drug-likeness (QED) is 0.680. The minimum Gasteiger partial charge on any atom is -0.469 e. The summed E-state index contributed by atoms with van der Waals surface area (Å²) in [5.74, 6) is -0.407. The first-order valence-electron chi connectivity index (χ1n) is 6.05. The van der Waals surface area contributed by atoms with Crippen molar-refractivity contribution < 1.29 is 22.7 Å². The second-order valence-corrected chi connectivity index (χ2v) is 6.66. The van der Waals surface area contributed by atoms with Gasteiger partial charge in [-0.2, -0.15) is 4.31 Å². The van der Waals surface area contributed by atoms with Crippen LogP contribution in [0, 0.1) is 0 Å². The highest BCUT2D eigenvalue weighted by atomic mass is 32.2. The number of nitrogens with zero attached hydrogens (tertiary/aromatic N) is 1. The summed E-state index contributed by atoms with van der Waals surface area (Å²) in [5.41, 5.74) is 0. The van der Waals surface area contributed by atoms with Gasteiger partial charge in [0, 0.05) is 19.5 Å². The van der Waals surface area contributed by atoms with E-state index in [1.54, 1.807) is 0 Å². The van der Waals surface area contributed by atoms with Crippen molar-refractivity contribution in [2.45, 2.75) is 38.9 Å². The van der Waals surface area contributed by atoms with Gasteiger partial charge in [-0.15, -0.1) is 0 Å². The number of methoxy groups -OCH3 is 1. The lowest BCUT2D eigenvalue weighted by Crippen LogP contribution is -2.48. The first-order valence-corrected chi connectivity index (χ1v) is 7.66. The molecular formula is C11H21NO5S. The van der Waals surface area contributed by atoms with Crippen molar-refractivity contribution in [3.05, 3.63) is 0 Å². The van der Waals surface area contributed by atoms with Crippen LogP contribution in [0.3, 0.4) is 0 Å². The fraction of sp³-hybridized carbons (Fsp3) is 0.909. The zero-order chi connectivity index (χ0) is 13.8. The van der Waals surface area contributed by atoms with Crippen LogP contribution in [0.15, 0.2) is 0 Å². The third kappa shape index (κ3) is 4.55. The molecule has 18 heavy (non-hydrogen) atoms. The summed E-state index contributed by atoms with van der Waals surface area (Å²) >= 11 is 0. The van der Waals surface area contributed by atoms with Crippen molar-refractivity contribution in [2.75, 3.05) is 26.0 Å². The highest BCUT2D eigenvalue weighted by molar-refractivity contribution is 7.89. The molecule has 6 nitrogen and oxygen atoms in total. The molecule has 106 valence electrons. The van der Waals surface area contributed by atoms with E-state index < -0.39 is 10.0 Å². The van der Waals surface area contributed by atoms with Crippen LogP contribution in [0.5, 0.6) is 0 Å². The van der Waals surface area contributed by atoms with E-state index in [1.165, 1.54) is 11.4 Å². The molecule has 0 aromatic rings. The van der Waals surface area contributed by atoms with Crippen LogP contribution in [0.2, 0.25) is 0 Å². The number of hydrogen-bond acceptors (Lipinski definition) is 5. The average molecular weight is 279 g/mol. The molecule has 1 fully saturated rings. The first-order chi connectivity index (χ1) is 8.35. The Bertz CT molecular complexity index is 371. The Kier molecular flexibility index (Phi) is 5.55. The minimum absolute atomic E-state index is 0.0263. The maximum atomic E-state index is 12.1. The lowest BCUT2D eigenvalue weighted by molar-refractivity contribution is -0.140. The van der Waals surface area contributed by atoms with Crippen molar-refractivity contribution in [2.24, 2.45) is 0 Å². The number of hydrogen-bond donors (Lipinski definition) is 0. The molecular weight excluding hydrogens is 258 g/mol.